The lowest BCUT2D eigenvalue weighted by atomic mass is 9.78. The van der Waals surface area contributed by atoms with Gasteiger partial charge in [0.15, 0.2) is 0 Å². The van der Waals surface area contributed by atoms with E-state index in [1.165, 1.54) is 34.9 Å². The highest BCUT2D eigenvalue weighted by atomic mass is 32.1. The van der Waals surface area contributed by atoms with E-state index in [9.17, 15) is 5.11 Å². The fourth-order valence-electron chi connectivity index (χ4n) is 3.91. The maximum Gasteiger partial charge on any atom is 0.0490 e. The van der Waals surface area contributed by atoms with Gasteiger partial charge in [0.05, 0.1) is 0 Å². The first kappa shape index (κ1) is 11.0. The SMILES string of the molecule is OCC1(Cc2csc3ccccc23)CC2CC2C1. The third kappa shape index (κ3) is 1.63. The molecular weight excluding hydrogens is 240 g/mol. The Balaban J connectivity index is 1.67. The highest BCUT2D eigenvalue weighted by Gasteiger charge is 2.53. The molecule has 94 valence electrons. The number of fused-ring (bicyclic) bond motifs is 2. The number of aliphatic hydroxyl groups is 1. The lowest BCUT2D eigenvalue weighted by Crippen LogP contribution is -2.26. The number of hydrogen-bond acceptors (Lipinski definition) is 2. The molecule has 2 aromatic rings. The summed E-state index contributed by atoms with van der Waals surface area (Å²) in [5.41, 5.74) is 1.64. The fourth-order valence-corrected chi connectivity index (χ4v) is 4.87. The van der Waals surface area contributed by atoms with Gasteiger partial charge in [0.1, 0.15) is 0 Å². The summed E-state index contributed by atoms with van der Waals surface area (Å²) < 4.78 is 1.38. The van der Waals surface area contributed by atoms with Crippen LogP contribution in [-0.4, -0.2) is 11.7 Å². The van der Waals surface area contributed by atoms with E-state index in [1.54, 1.807) is 0 Å². The molecule has 1 N–H and O–H groups in total. The van der Waals surface area contributed by atoms with Gasteiger partial charge in [-0.1, -0.05) is 18.2 Å². The van der Waals surface area contributed by atoms with Gasteiger partial charge in [-0.2, -0.15) is 0 Å². The summed E-state index contributed by atoms with van der Waals surface area (Å²) in [6.07, 6.45) is 4.99. The second-order valence-corrected chi connectivity index (χ2v) is 7.17. The zero-order chi connectivity index (χ0) is 12.2. The predicted molar refractivity (Wildman–Crippen MR) is 75.9 cm³/mol. The first-order valence-corrected chi connectivity index (χ1v) is 7.74. The Morgan fingerprint density at radius 3 is 2.78 bits per heavy atom. The molecule has 0 aliphatic heterocycles. The van der Waals surface area contributed by atoms with Gasteiger partial charge in [-0.05, 0) is 65.3 Å². The molecule has 2 fully saturated rings. The van der Waals surface area contributed by atoms with Crippen LogP contribution in [0.2, 0.25) is 0 Å². The summed E-state index contributed by atoms with van der Waals surface area (Å²) in [5, 5.41) is 13.5. The van der Waals surface area contributed by atoms with Gasteiger partial charge in [-0.25, -0.2) is 0 Å². The summed E-state index contributed by atoms with van der Waals surface area (Å²) in [6, 6.07) is 8.65. The fraction of sp³-hybridized carbons (Fsp3) is 0.500. The van der Waals surface area contributed by atoms with Crippen molar-refractivity contribution in [1.29, 1.82) is 0 Å². The molecule has 0 saturated heterocycles. The molecule has 1 aromatic carbocycles. The van der Waals surface area contributed by atoms with E-state index >= 15 is 0 Å². The van der Waals surface area contributed by atoms with Gasteiger partial charge in [0.2, 0.25) is 0 Å². The van der Waals surface area contributed by atoms with Crippen molar-refractivity contribution in [2.45, 2.75) is 25.7 Å². The standard InChI is InChI=1S/C16H18OS/c17-10-16(6-11-5-12(11)7-16)8-13-9-18-15-4-2-1-3-14(13)15/h1-4,9,11-12,17H,5-8,10H2. The minimum atomic E-state index is 0.192. The van der Waals surface area contributed by atoms with Crippen LogP contribution < -0.4 is 0 Å². The minimum Gasteiger partial charge on any atom is -0.396 e. The molecule has 2 unspecified atom stereocenters. The lowest BCUT2D eigenvalue weighted by Gasteiger charge is -2.28. The van der Waals surface area contributed by atoms with Crippen molar-refractivity contribution in [1.82, 2.24) is 0 Å². The van der Waals surface area contributed by atoms with E-state index in [4.69, 9.17) is 0 Å². The maximum atomic E-state index is 9.83. The van der Waals surface area contributed by atoms with Crippen LogP contribution >= 0.6 is 11.3 Å². The van der Waals surface area contributed by atoms with Crippen LogP contribution in [0.25, 0.3) is 10.1 Å². The Bertz CT molecular complexity index is 576. The summed E-state index contributed by atoms with van der Waals surface area (Å²) in [4.78, 5) is 0. The quantitative estimate of drug-likeness (QED) is 0.886. The summed E-state index contributed by atoms with van der Waals surface area (Å²) in [6.45, 7) is 0.365. The van der Waals surface area contributed by atoms with Crippen molar-refractivity contribution in [2.75, 3.05) is 6.61 Å². The summed E-state index contributed by atoms with van der Waals surface area (Å²) in [5.74, 6) is 1.86. The van der Waals surface area contributed by atoms with Crippen LogP contribution in [0.4, 0.5) is 0 Å². The first-order valence-electron chi connectivity index (χ1n) is 6.86. The number of aliphatic hydroxyl groups excluding tert-OH is 1. The van der Waals surface area contributed by atoms with Crippen LogP contribution in [0.5, 0.6) is 0 Å². The van der Waals surface area contributed by atoms with Crippen molar-refractivity contribution in [3.63, 3.8) is 0 Å². The van der Waals surface area contributed by atoms with Crippen molar-refractivity contribution >= 4 is 21.4 Å². The molecule has 0 radical (unpaired) electrons. The highest BCUT2D eigenvalue weighted by Crippen LogP contribution is 2.60. The van der Waals surface area contributed by atoms with Crippen LogP contribution in [0.1, 0.15) is 24.8 Å². The molecule has 0 spiro atoms. The van der Waals surface area contributed by atoms with Crippen molar-refractivity contribution < 1.29 is 5.11 Å². The molecule has 2 atom stereocenters. The third-order valence-electron chi connectivity index (χ3n) is 4.92. The molecule has 1 aromatic heterocycles. The molecule has 2 heteroatoms. The zero-order valence-electron chi connectivity index (χ0n) is 10.4. The summed E-state index contributed by atoms with van der Waals surface area (Å²) >= 11 is 1.84. The van der Waals surface area contributed by atoms with E-state index in [0.29, 0.717) is 6.61 Å². The number of hydrogen-bond donors (Lipinski definition) is 1. The normalized spacial score (nSPS) is 33.8. The number of thiophene rings is 1. The van der Waals surface area contributed by atoms with Crippen molar-refractivity contribution in [3.8, 4) is 0 Å². The molecule has 18 heavy (non-hydrogen) atoms. The van der Waals surface area contributed by atoms with Gasteiger partial charge < -0.3 is 5.11 Å². The lowest BCUT2D eigenvalue weighted by molar-refractivity contribution is 0.117. The van der Waals surface area contributed by atoms with Gasteiger partial charge in [0, 0.05) is 11.3 Å². The Kier molecular flexibility index (Phi) is 2.33. The van der Waals surface area contributed by atoms with Crippen LogP contribution in [0, 0.1) is 17.3 Å². The molecule has 1 heterocycles. The third-order valence-corrected chi connectivity index (χ3v) is 5.93. The second-order valence-electron chi connectivity index (χ2n) is 6.26. The molecule has 0 bridgehead atoms. The van der Waals surface area contributed by atoms with E-state index in [1.807, 2.05) is 11.3 Å². The van der Waals surface area contributed by atoms with Gasteiger partial charge in [-0.15, -0.1) is 11.3 Å². The zero-order valence-corrected chi connectivity index (χ0v) is 11.2. The molecule has 2 aliphatic rings. The first-order chi connectivity index (χ1) is 8.80. The van der Waals surface area contributed by atoms with Crippen molar-refractivity contribution in [3.05, 3.63) is 35.2 Å². The highest BCUT2D eigenvalue weighted by molar-refractivity contribution is 7.17. The van der Waals surface area contributed by atoms with Gasteiger partial charge >= 0.3 is 0 Å². The van der Waals surface area contributed by atoms with Crippen molar-refractivity contribution in [2.24, 2.45) is 17.3 Å². The molecule has 2 aliphatic carbocycles. The van der Waals surface area contributed by atoms with Crippen LogP contribution in [0.3, 0.4) is 0 Å². The average Bonchev–Trinajstić information content (AvgIpc) is 2.86. The largest absolute Gasteiger partial charge is 0.396 e. The van der Waals surface area contributed by atoms with E-state index in [2.05, 4.69) is 29.6 Å². The second kappa shape index (κ2) is 3.82. The van der Waals surface area contributed by atoms with E-state index in [0.717, 1.165) is 18.3 Å². The molecule has 1 nitrogen and oxygen atoms in total. The summed E-state index contributed by atoms with van der Waals surface area (Å²) in [7, 11) is 0. The molecule has 0 amide bonds. The molecule has 4 rings (SSSR count). The maximum absolute atomic E-state index is 9.83. The Hall–Kier alpha value is -0.860. The number of benzene rings is 1. The predicted octanol–water partition coefficient (Wildman–Crippen LogP) is 3.85. The Morgan fingerprint density at radius 2 is 2.00 bits per heavy atom. The minimum absolute atomic E-state index is 0.192. The van der Waals surface area contributed by atoms with E-state index < -0.39 is 0 Å². The van der Waals surface area contributed by atoms with Gasteiger partial charge in [-0.3, -0.25) is 0 Å². The molecule has 2 saturated carbocycles. The van der Waals surface area contributed by atoms with Crippen LogP contribution in [0.15, 0.2) is 29.6 Å². The Labute approximate surface area is 111 Å². The number of rotatable bonds is 3. The Morgan fingerprint density at radius 1 is 1.22 bits per heavy atom. The average molecular weight is 258 g/mol. The van der Waals surface area contributed by atoms with E-state index in [-0.39, 0.29) is 5.41 Å². The van der Waals surface area contributed by atoms with Crippen LogP contribution in [-0.2, 0) is 6.42 Å². The molecular formula is C16H18OS. The smallest absolute Gasteiger partial charge is 0.0490 e. The van der Waals surface area contributed by atoms with Gasteiger partial charge in [0.25, 0.3) is 0 Å². The topological polar surface area (TPSA) is 20.2 Å². The monoisotopic (exact) mass is 258 g/mol.